The molecule has 1 aromatic carbocycles. The van der Waals surface area contributed by atoms with Gasteiger partial charge in [-0.05, 0) is 56.2 Å². The largest absolute Gasteiger partial charge is 0.330 e. The van der Waals surface area contributed by atoms with Gasteiger partial charge in [0.25, 0.3) is 0 Å². The molecule has 1 aliphatic heterocycles. The van der Waals surface area contributed by atoms with Gasteiger partial charge in [0.1, 0.15) is 0 Å². The number of rotatable bonds is 2. The topological polar surface area (TPSA) is 46.3 Å². The van der Waals surface area contributed by atoms with Gasteiger partial charge in [0.05, 0.1) is 0 Å². The number of amides is 1. The quantitative estimate of drug-likeness (QED) is 0.905. The Hall–Kier alpha value is -1.06. The van der Waals surface area contributed by atoms with Gasteiger partial charge in [0.2, 0.25) is 5.91 Å². The van der Waals surface area contributed by atoms with Crippen molar-refractivity contribution >= 4 is 24.0 Å². The highest BCUT2D eigenvalue weighted by Crippen LogP contribution is 2.35. The van der Waals surface area contributed by atoms with Gasteiger partial charge in [-0.25, -0.2) is 0 Å². The zero-order valence-electron chi connectivity index (χ0n) is 13.2. The third-order valence-electron chi connectivity index (χ3n) is 5.16. The lowest BCUT2D eigenvalue weighted by Gasteiger charge is -2.31. The molecule has 0 unspecified atom stereocenters. The predicted molar refractivity (Wildman–Crippen MR) is 93.5 cm³/mol. The molecule has 1 saturated carbocycles. The summed E-state index contributed by atoms with van der Waals surface area (Å²) in [5.74, 6) is 0.842. The molecular weight excluding hydrogens is 296 g/mol. The van der Waals surface area contributed by atoms with Crippen LogP contribution in [0.5, 0.6) is 0 Å². The molecule has 122 valence electrons. The number of hydrogen-bond acceptors (Lipinski definition) is 2. The van der Waals surface area contributed by atoms with Crippen molar-refractivity contribution in [3.8, 4) is 0 Å². The van der Waals surface area contributed by atoms with E-state index < -0.39 is 0 Å². The first-order valence-electron chi connectivity index (χ1n) is 8.40. The van der Waals surface area contributed by atoms with Gasteiger partial charge in [0.15, 0.2) is 0 Å². The number of fused-ring (bicyclic) bond motifs is 1. The zero-order valence-corrected chi connectivity index (χ0v) is 14.0. The molecule has 2 atom stereocenters. The summed E-state index contributed by atoms with van der Waals surface area (Å²) in [5, 5.41) is 0. The highest BCUT2D eigenvalue weighted by Gasteiger charge is 2.35. The first kappa shape index (κ1) is 17.3. The summed E-state index contributed by atoms with van der Waals surface area (Å²) >= 11 is 0. The summed E-state index contributed by atoms with van der Waals surface area (Å²) in [4.78, 5) is 15.1. The third-order valence-corrected chi connectivity index (χ3v) is 5.16. The van der Waals surface area contributed by atoms with E-state index in [2.05, 4.69) is 29.2 Å². The van der Waals surface area contributed by atoms with Crippen LogP contribution in [0.25, 0.3) is 0 Å². The maximum absolute atomic E-state index is 13.1. The number of benzene rings is 1. The van der Waals surface area contributed by atoms with Crippen molar-refractivity contribution in [3.63, 3.8) is 0 Å². The summed E-state index contributed by atoms with van der Waals surface area (Å²) in [6.45, 7) is 1.51. The monoisotopic (exact) mass is 322 g/mol. The van der Waals surface area contributed by atoms with Crippen LogP contribution < -0.4 is 10.6 Å². The van der Waals surface area contributed by atoms with E-state index in [0.717, 1.165) is 44.3 Å². The molecule has 2 N–H and O–H groups in total. The zero-order chi connectivity index (χ0) is 14.7. The van der Waals surface area contributed by atoms with Crippen molar-refractivity contribution in [3.05, 3.63) is 29.8 Å². The van der Waals surface area contributed by atoms with E-state index in [1.165, 1.54) is 18.4 Å². The number of nitrogens with zero attached hydrogens (tertiary/aromatic N) is 1. The number of halogens is 1. The lowest BCUT2D eigenvalue weighted by molar-refractivity contribution is -0.123. The van der Waals surface area contributed by atoms with Crippen molar-refractivity contribution < 1.29 is 4.79 Å². The van der Waals surface area contributed by atoms with Crippen LogP contribution in [0.1, 0.15) is 44.1 Å². The molecule has 0 spiro atoms. The molecule has 1 aromatic rings. The van der Waals surface area contributed by atoms with Crippen molar-refractivity contribution in [2.45, 2.75) is 44.9 Å². The molecule has 4 heteroatoms. The number of para-hydroxylation sites is 1. The van der Waals surface area contributed by atoms with Crippen molar-refractivity contribution in [1.29, 1.82) is 0 Å². The maximum Gasteiger partial charge on any atom is 0.230 e. The van der Waals surface area contributed by atoms with Crippen LogP contribution >= 0.6 is 12.4 Å². The second-order valence-corrected chi connectivity index (χ2v) is 6.46. The van der Waals surface area contributed by atoms with E-state index in [1.807, 2.05) is 0 Å². The SMILES string of the molecule is Cl.NC[C@H]1CCC[C@H]1C(=O)N1CCCCCc2ccccc21. The van der Waals surface area contributed by atoms with E-state index >= 15 is 0 Å². The molecule has 2 aliphatic rings. The molecular formula is C18H27ClN2O. The third kappa shape index (κ3) is 3.47. The Morgan fingerprint density at radius 3 is 2.77 bits per heavy atom. The highest BCUT2D eigenvalue weighted by molar-refractivity contribution is 5.96. The smallest absolute Gasteiger partial charge is 0.230 e. The molecule has 0 aromatic heterocycles. The minimum atomic E-state index is 0. The van der Waals surface area contributed by atoms with Crippen molar-refractivity contribution in [2.75, 3.05) is 18.0 Å². The number of carbonyl (C=O) groups excluding carboxylic acids is 1. The van der Waals surface area contributed by atoms with E-state index in [4.69, 9.17) is 5.73 Å². The number of nitrogens with two attached hydrogens (primary N) is 1. The summed E-state index contributed by atoms with van der Waals surface area (Å²) in [5.41, 5.74) is 8.34. The minimum absolute atomic E-state index is 0. The first-order valence-corrected chi connectivity index (χ1v) is 8.40. The number of aryl methyl sites for hydroxylation is 1. The Morgan fingerprint density at radius 2 is 1.95 bits per heavy atom. The summed E-state index contributed by atoms with van der Waals surface area (Å²) in [6.07, 6.45) is 7.91. The molecule has 3 rings (SSSR count). The number of carbonyl (C=O) groups is 1. The van der Waals surface area contributed by atoms with Gasteiger partial charge < -0.3 is 10.6 Å². The summed E-state index contributed by atoms with van der Waals surface area (Å²) in [7, 11) is 0. The Kier molecular flexibility index (Phi) is 6.27. The van der Waals surface area contributed by atoms with Gasteiger partial charge in [-0.1, -0.05) is 31.0 Å². The average Bonchev–Trinajstić information content (AvgIpc) is 2.96. The molecule has 0 saturated heterocycles. The highest BCUT2D eigenvalue weighted by atomic mass is 35.5. The normalized spacial score (nSPS) is 24.9. The molecule has 3 nitrogen and oxygen atoms in total. The molecule has 0 radical (unpaired) electrons. The lowest BCUT2D eigenvalue weighted by Crippen LogP contribution is -2.40. The molecule has 1 fully saturated rings. The van der Waals surface area contributed by atoms with E-state index in [0.29, 0.717) is 18.4 Å². The van der Waals surface area contributed by atoms with Crippen molar-refractivity contribution in [2.24, 2.45) is 17.6 Å². The minimum Gasteiger partial charge on any atom is -0.330 e. The van der Waals surface area contributed by atoms with Crippen LogP contribution in [0.15, 0.2) is 24.3 Å². The van der Waals surface area contributed by atoms with Gasteiger partial charge in [-0.3, -0.25) is 4.79 Å². The second-order valence-electron chi connectivity index (χ2n) is 6.46. The van der Waals surface area contributed by atoms with E-state index in [1.54, 1.807) is 0 Å². The van der Waals surface area contributed by atoms with Gasteiger partial charge in [-0.2, -0.15) is 0 Å². The Morgan fingerprint density at radius 1 is 1.14 bits per heavy atom. The fourth-order valence-electron chi connectivity index (χ4n) is 3.94. The Balaban J connectivity index is 0.00000176. The average molecular weight is 323 g/mol. The lowest BCUT2D eigenvalue weighted by atomic mass is 9.93. The second kappa shape index (κ2) is 7.98. The molecule has 0 bridgehead atoms. The standard InChI is InChI=1S/C18H26N2O.ClH/c19-13-15-9-6-10-16(15)18(21)20-12-5-1-2-7-14-8-3-4-11-17(14)20;/h3-4,8,11,15-16H,1-2,5-7,9-10,12-13,19H2;1H/t15-,16-;/m1./s1. The van der Waals surface area contributed by atoms with Crippen LogP contribution in [0.2, 0.25) is 0 Å². The molecule has 1 aliphatic carbocycles. The predicted octanol–water partition coefficient (Wildman–Crippen LogP) is 3.54. The first-order chi connectivity index (χ1) is 10.3. The summed E-state index contributed by atoms with van der Waals surface area (Å²) in [6, 6.07) is 8.43. The van der Waals surface area contributed by atoms with Crippen LogP contribution in [-0.2, 0) is 11.2 Å². The van der Waals surface area contributed by atoms with Gasteiger partial charge >= 0.3 is 0 Å². The molecule has 22 heavy (non-hydrogen) atoms. The Bertz CT molecular complexity index is 506. The van der Waals surface area contributed by atoms with Gasteiger partial charge in [0, 0.05) is 18.2 Å². The fraction of sp³-hybridized carbons (Fsp3) is 0.611. The van der Waals surface area contributed by atoms with Crippen LogP contribution in [-0.4, -0.2) is 19.0 Å². The number of anilines is 1. The van der Waals surface area contributed by atoms with Crippen molar-refractivity contribution in [1.82, 2.24) is 0 Å². The van der Waals surface area contributed by atoms with E-state index in [9.17, 15) is 4.79 Å². The Labute approximate surface area is 139 Å². The fourth-order valence-corrected chi connectivity index (χ4v) is 3.94. The van der Waals surface area contributed by atoms with E-state index in [-0.39, 0.29) is 18.3 Å². The van der Waals surface area contributed by atoms with Crippen LogP contribution in [0.4, 0.5) is 5.69 Å². The van der Waals surface area contributed by atoms with Crippen LogP contribution in [0, 0.1) is 11.8 Å². The molecule has 1 heterocycles. The molecule has 1 amide bonds. The summed E-state index contributed by atoms with van der Waals surface area (Å²) < 4.78 is 0. The number of hydrogen-bond donors (Lipinski definition) is 1. The van der Waals surface area contributed by atoms with Gasteiger partial charge in [-0.15, -0.1) is 12.4 Å². The maximum atomic E-state index is 13.1. The van der Waals surface area contributed by atoms with Crippen LogP contribution in [0.3, 0.4) is 0 Å².